The number of carbonyl (C=O) groups excluding carboxylic acids is 1. The summed E-state index contributed by atoms with van der Waals surface area (Å²) in [5, 5.41) is 20.1. The van der Waals surface area contributed by atoms with Crippen molar-refractivity contribution in [3.63, 3.8) is 0 Å². The van der Waals surface area contributed by atoms with Gasteiger partial charge in [-0.1, -0.05) is 17.7 Å². The summed E-state index contributed by atoms with van der Waals surface area (Å²) < 4.78 is 6.26. The molecule has 3 unspecified atom stereocenters. The molecule has 178 valence electrons. The van der Waals surface area contributed by atoms with E-state index >= 15 is 0 Å². The van der Waals surface area contributed by atoms with Crippen molar-refractivity contribution in [2.45, 2.75) is 19.5 Å². The van der Waals surface area contributed by atoms with Crippen LogP contribution in [0.5, 0.6) is 11.8 Å². The number of amides is 1. The summed E-state index contributed by atoms with van der Waals surface area (Å²) >= 11 is 6.66. The van der Waals surface area contributed by atoms with Crippen LogP contribution in [0.15, 0.2) is 30.3 Å². The number of fused-ring (bicyclic) bond motifs is 1. The van der Waals surface area contributed by atoms with Crippen LogP contribution in [0.25, 0.3) is 0 Å². The molecule has 10 heteroatoms. The number of morpholine rings is 1. The molecule has 3 fully saturated rings. The molecule has 3 atom stereocenters. The van der Waals surface area contributed by atoms with Gasteiger partial charge in [0, 0.05) is 68.2 Å². The zero-order valence-corrected chi connectivity index (χ0v) is 19.3. The fourth-order valence-corrected chi connectivity index (χ4v) is 5.43. The maximum Gasteiger partial charge on any atom is 0.434 e. The van der Waals surface area contributed by atoms with Gasteiger partial charge in [-0.2, -0.15) is 0 Å². The lowest BCUT2D eigenvalue weighted by molar-refractivity contribution is 0.0774. The number of carbonyl (C=O) groups is 1. The summed E-state index contributed by atoms with van der Waals surface area (Å²) in [5.41, 5.74) is 2.24. The number of halogens is 1. The quantitative estimate of drug-likeness (QED) is 0.700. The number of nitrogens with zero attached hydrogens (tertiary/aromatic N) is 4. The second-order valence-electron chi connectivity index (χ2n) is 9.21. The number of anilines is 1. The third-order valence-corrected chi connectivity index (χ3v) is 7.27. The molecule has 0 spiro atoms. The molecule has 3 aliphatic rings. The van der Waals surface area contributed by atoms with Crippen LogP contribution in [0.2, 0.25) is 5.02 Å². The van der Waals surface area contributed by atoms with Gasteiger partial charge in [-0.05, 0) is 36.5 Å². The van der Waals surface area contributed by atoms with E-state index in [1.165, 1.54) is 12.1 Å². The summed E-state index contributed by atoms with van der Waals surface area (Å²) in [6.07, 6.45) is -0.575. The fourth-order valence-electron chi connectivity index (χ4n) is 5.19. The largest absolute Gasteiger partial charge is 0.492 e. The van der Waals surface area contributed by atoms with E-state index in [1.807, 2.05) is 0 Å². The summed E-state index contributed by atoms with van der Waals surface area (Å²) in [4.78, 5) is 24.0. The number of hydrogen-bond acceptors (Lipinski definition) is 7. The van der Waals surface area contributed by atoms with E-state index in [-0.39, 0.29) is 11.8 Å². The molecule has 9 nitrogen and oxygen atoms in total. The van der Waals surface area contributed by atoms with Crippen molar-refractivity contribution >= 4 is 23.4 Å². The lowest BCUT2D eigenvalue weighted by atomic mass is 10.0. The number of benzene rings is 1. The Bertz CT molecular complexity index is 997. The molecule has 3 aliphatic heterocycles. The topological polar surface area (TPSA) is 90.6 Å². The van der Waals surface area contributed by atoms with E-state index in [0.29, 0.717) is 31.0 Å². The number of hydrogen-bond donors (Lipinski definition) is 2. The van der Waals surface area contributed by atoms with Gasteiger partial charge in [-0.15, -0.1) is 4.73 Å². The second kappa shape index (κ2) is 8.96. The first-order chi connectivity index (χ1) is 15.9. The molecule has 0 radical (unpaired) electrons. The molecule has 1 aromatic heterocycles. The van der Waals surface area contributed by atoms with Crippen molar-refractivity contribution in [2.24, 2.45) is 11.8 Å². The smallest absolute Gasteiger partial charge is 0.434 e. The Balaban J connectivity index is 1.16. The van der Waals surface area contributed by atoms with Crippen molar-refractivity contribution in [3.05, 3.63) is 40.9 Å². The van der Waals surface area contributed by atoms with Crippen molar-refractivity contribution in [3.8, 4) is 11.8 Å². The van der Waals surface area contributed by atoms with E-state index in [4.69, 9.17) is 21.2 Å². The maximum absolute atomic E-state index is 12.5. The Kier molecular flexibility index (Phi) is 6.03. The van der Waals surface area contributed by atoms with E-state index in [1.54, 1.807) is 4.90 Å². The highest BCUT2D eigenvalue weighted by Crippen LogP contribution is 2.34. The predicted molar refractivity (Wildman–Crippen MR) is 123 cm³/mol. The van der Waals surface area contributed by atoms with Gasteiger partial charge in [0.2, 0.25) is 11.8 Å². The Labute approximate surface area is 197 Å². The average Bonchev–Trinajstić information content (AvgIpc) is 3.45. The van der Waals surface area contributed by atoms with Gasteiger partial charge in [0.15, 0.2) is 0 Å². The molecule has 2 N–H and O–H groups in total. The average molecular weight is 477 g/mol. The van der Waals surface area contributed by atoms with E-state index in [0.717, 1.165) is 60.4 Å². The van der Waals surface area contributed by atoms with Gasteiger partial charge in [-0.3, -0.25) is 4.90 Å². The molecule has 5 rings (SSSR count). The Morgan fingerprint density at radius 3 is 2.45 bits per heavy atom. The predicted octanol–water partition coefficient (Wildman–Crippen LogP) is 2.39. The minimum absolute atomic E-state index is 0.322. The van der Waals surface area contributed by atoms with Crippen LogP contribution in [-0.2, 0) is 11.3 Å². The zero-order chi connectivity index (χ0) is 23.1. The fraction of sp³-hybridized carbons (Fsp3) is 0.522. The number of likely N-dealkylation sites (tertiary alicyclic amines) is 2. The standard InChI is InChI=1S/C23H29ClN4O5/c1-15-14-32-7-6-27(15)19-3-2-16(20(24)8-19)9-25-10-17-12-26(13-18(17)11-25)23(31)33-28-21(29)4-5-22(28)30/h2-5,8,15,17-18,29-30H,6-7,9-14H2,1H3. The van der Waals surface area contributed by atoms with Crippen LogP contribution in [0, 0.1) is 11.8 Å². The molecule has 4 heterocycles. The monoisotopic (exact) mass is 476 g/mol. The molecular formula is C23H29ClN4O5. The van der Waals surface area contributed by atoms with Gasteiger partial charge in [0.25, 0.3) is 0 Å². The molecule has 1 aromatic carbocycles. The molecule has 0 saturated carbocycles. The third kappa shape index (κ3) is 4.45. The van der Waals surface area contributed by atoms with Gasteiger partial charge in [0.05, 0.1) is 13.2 Å². The van der Waals surface area contributed by atoms with Crippen molar-refractivity contribution in [1.29, 1.82) is 0 Å². The lowest BCUT2D eigenvalue weighted by Gasteiger charge is -2.35. The SMILES string of the molecule is CC1COCCN1c1ccc(CN2CC3CN(C(=O)On4c(O)ccc4O)CC3C2)c(Cl)c1. The summed E-state index contributed by atoms with van der Waals surface area (Å²) in [5.74, 6) is 0.0723. The van der Waals surface area contributed by atoms with Crippen LogP contribution in [0.3, 0.4) is 0 Å². The molecule has 2 aromatic rings. The highest BCUT2D eigenvalue weighted by molar-refractivity contribution is 6.31. The first-order valence-electron chi connectivity index (χ1n) is 11.3. The van der Waals surface area contributed by atoms with Gasteiger partial charge in [-0.25, -0.2) is 4.79 Å². The Morgan fingerprint density at radius 1 is 1.12 bits per heavy atom. The highest BCUT2D eigenvalue weighted by atomic mass is 35.5. The molecule has 1 amide bonds. The second-order valence-corrected chi connectivity index (χ2v) is 9.62. The maximum atomic E-state index is 12.5. The lowest BCUT2D eigenvalue weighted by Crippen LogP contribution is -2.43. The number of aromatic hydroxyl groups is 2. The van der Waals surface area contributed by atoms with Crippen LogP contribution in [-0.4, -0.2) is 82.8 Å². The van der Waals surface area contributed by atoms with Crippen LogP contribution < -0.4 is 9.74 Å². The van der Waals surface area contributed by atoms with Crippen molar-refractivity contribution in [2.75, 3.05) is 50.8 Å². The molecule has 3 saturated heterocycles. The zero-order valence-electron chi connectivity index (χ0n) is 18.6. The van der Waals surface area contributed by atoms with Gasteiger partial charge >= 0.3 is 6.09 Å². The third-order valence-electron chi connectivity index (χ3n) is 6.92. The number of ether oxygens (including phenoxy) is 1. The van der Waals surface area contributed by atoms with Crippen LogP contribution in [0.4, 0.5) is 10.5 Å². The molecule has 0 aliphatic carbocycles. The van der Waals surface area contributed by atoms with Gasteiger partial charge in [0.1, 0.15) is 0 Å². The van der Waals surface area contributed by atoms with Crippen LogP contribution >= 0.6 is 11.6 Å². The Morgan fingerprint density at radius 2 is 1.82 bits per heavy atom. The van der Waals surface area contributed by atoms with Gasteiger partial charge < -0.3 is 29.6 Å². The summed E-state index contributed by atoms with van der Waals surface area (Å²) in [6.45, 7) is 8.21. The minimum Gasteiger partial charge on any atom is -0.492 e. The van der Waals surface area contributed by atoms with E-state index in [2.05, 4.69) is 34.9 Å². The summed E-state index contributed by atoms with van der Waals surface area (Å²) in [6, 6.07) is 9.17. The minimum atomic E-state index is -0.575. The molecule has 33 heavy (non-hydrogen) atoms. The number of rotatable bonds is 4. The number of aromatic nitrogens is 1. The highest BCUT2D eigenvalue weighted by Gasteiger charge is 2.42. The first kappa shape index (κ1) is 22.2. The molecule has 0 bridgehead atoms. The van der Waals surface area contributed by atoms with Crippen LogP contribution in [0.1, 0.15) is 12.5 Å². The van der Waals surface area contributed by atoms with E-state index in [9.17, 15) is 15.0 Å². The van der Waals surface area contributed by atoms with E-state index < -0.39 is 6.09 Å². The summed E-state index contributed by atoms with van der Waals surface area (Å²) in [7, 11) is 0. The molecular weight excluding hydrogens is 448 g/mol. The normalized spacial score (nSPS) is 25.5. The van der Waals surface area contributed by atoms with Crippen molar-refractivity contribution in [1.82, 2.24) is 14.5 Å². The Hall–Kier alpha value is -2.62. The first-order valence-corrected chi connectivity index (χ1v) is 11.7. The van der Waals surface area contributed by atoms with Crippen molar-refractivity contribution < 1.29 is 24.6 Å².